The van der Waals surface area contributed by atoms with Gasteiger partial charge in [-0.25, -0.2) is 9.78 Å². The Morgan fingerprint density at radius 2 is 2.27 bits per heavy atom. The first kappa shape index (κ1) is 10.7. The van der Waals surface area contributed by atoms with Gasteiger partial charge in [0.05, 0.1) is 0 Å². The van der Waals surface area contributed by atoms with Crippen molar-refractivity contribution in [3.8, 4) is 12.3 Å². The lowest BCUT2D eigenvalue weighted by Crippen LogP contribution is -2.20. The van der Waals surface area contributed by atoms with Gasteiger partial charge in [-0.15, -0.1) is 6.42 Å². The SMILES string of the molecule is C#CC(=O)NCc1ccc(C(=O)O)nc1. The summed E-state index contributed by atoms with van der Waals surface area (Å²) in [5.41, 5.74) is 0.644. The zero-order valence-electron chi connectivity index (χ0n) is 7.73. The molecular formula is C10H8N2O3. The first-order valence-electron chi connectivity index (χ1n) is 4.06. The number of carboxylic acids is 1. The molecule has 0 unspecified atom stereocenters. The van der Waals surface area contributed by atoms with E-state index in [1.165, 1.54) is 12.3 Å². The van der Waals surface area contributed by atoms with Crippen molar-refractivity contribution >= 4 is 11.9 Å². The first-order valence-corrected chi connectivity index (χ1v) is 4.06. The lowest BCUT2D eigenvalue weighted by Gasteiger charge is -2.01. The molecule has 5 heteroatoms. The number of nitrogens with one attached hydrogen (secondary N) is 1. The molecule has 0 aliphatic rings. The van der Waals surface area contributed by atoms with Crippen LogP contribution in [-0.2, 0) is 11.3 Å². The summed E-state index contributed by atoms with van der Waals surface area (Å²) in [6.07, 6.45) is 6.22. The highest BCUT2D eigenvalue weighted by Crippen LogP contribution is 1.99. The van der Waals surface area contributed by atoms with Crippen molar-refractivity contribution in [1.82, 2.24) is 10.3 Å². The average molecular weight is 204 g/mol. The smallest absolute Gasteiger partial charge is 0.354 e. The Balaban J connectivity index is 2.62. The van der Waals surface area contributed by atoms with E-state index in [-0.39, 0.29) is 12.2 Å². The fourth-order valence-corrected chi connectivity index (χ4v) is 0.889. The molecule has 5 nitrogen and oxygen atoms in total. The number of carbonyl (C=O) groups is 2. The molecule has 0 fully saturated rings. The number of aromatic nitrogens is 1. The molecule has 0 aromatic carbocycles. The van der Waals surface area contributed by atoms with Gasteiger partial charge >= 0.3 is 5.97 Å². The number of rotatable bonds is 3. The van der Waals surface area contributed by atoms with Gasteiger partial charge in [-0.1, -0.05) is 6.07 Å². The number of amides is 1. The minimum absolute atomic E-state index is 0.0398. The molecule has 1 amide bonds. The summed E-state index contributed by atoms with van der Waals surface area (Å²) in [6, 6.07) is 2.92. The Morgan fingerprint density at radius 3 is 2.73 bits per heavy atom. The van der Waals surface area contributed by atoms with E-state index in [0.717, 1.165) is 0 Å². The number of nitrogens with zero attached hydrogens (tertiary/aromatic N) is 1. The van der Waals surface area contributed by atoms with Gasteiger partial charge < -0.3 is 10.4 Å². The Bertz CT molecular complexity index is 417. The maximum absolute atomic E-state index is 10.7. The number of terminal acetylenes is 1. The van der Waals surface area contributed by atoms with Gasteiger partial charge in [0.2, 0.25) is 0 Å². The zero-order valence-corrected chi connectivity index (χ0v) is 7.73. The van der Waals surface area contributed by atoms with Crippen LogP contribution in [0.3, 0.4) is 0 Å². The predicted octanol–water partition coefficient (Wildman–Crippen LogP) is 0.0292. The van der Waals surface area contributed by atoms with Crippen molar-refractivity contribution in [2.24, 2.45) is 0 Å². The summed E-state index contributed by atoms with van der Waals surface area (Å²) in [5.74, 6) is 0.295. The summed E-state index contributed by atoms with van der Waals surface area (Å²) >= 11 is 0. The maximum Gasteiger partial charge on any atom is 0.354 e. The molecular weight excluding hydrogens is 196 g/mol. The van der Waals surface area contributed by atoms with Gasteiger partial charge in [0, 0.05) is 12.7 Å². The molecule has 2 N–H and O–H groups in total. The summed E-state index contributed by atoms with van der Waals surface area (Å²) in [4.78, 5) is 24.8. The molecule has 15 heavy (non-hydrogen) atoms. The molecule has 1 heterocycles. The van der Waals surface area contributed by atoms with E-state index < -0.39 is 11.9 Å². The Labute approximate surface area is 86.1 Å². The van der Waals surface area contributed by atoms with Crippen LogP contribution in [0.15, 0.2) is 18.3 Å². The van der Waals surface area contributed by atoms with Gasteiger partial charge in [0.15, 0.2) is 0 Å². The standard InChI is InChI=1S/C10H8N2O3/c1-2-9(13)12-6-7-3-4-8(10(14)15)11-5-7/h1,3-5H,6H2,(H,12,13)(H,14,15). The Morgan fingerprint density at radius 1 is 1.53 bits per heavy atom. The minimum atomic E-state index is -1.09. The van der Waals surface area contributed by atoms with E-state index in [9.17, 15) is 9.59 Å². The lowest BCUT2D eigenvalue weighted by molar-refractivity contribution is -0.115. The van der Waals surface area contributed by atoms with Crippen LogP contribution in [0.1, 0.15) is 16.1 Å². The molecule has 0 spiro atoms. The number of hydrogen-bond donors (Lipinski definition) is 2. The number of carbonyl (C=O) groups excluding carboxylic acids is 1. The van der Waals surface area contributed by atoms with Crippen molar-refractivity contribution in [2.45, 2.75) is 6.54 Å². The highest BCUT2D eigenvalue weighted by molar-refractivity contribution is 5.92. The van der Waals surface area contributed by atoms with Crippen molar-refractivity contribution in [1.29, 1.82) is 0 Å². The van der Waals surface area contributed by atoms with Crippen LogP contribution in [0.25, 0.3) is 0 Å². The van der Waals surface area contributed by atoms with Gasteiger partial charge in [-0.05, 0) is 17.6 Å². The summed E-state index contributed by atoms with van der Waals surface area (Å²) in [5, 5.41) is 11.0. The van der Waals surface area contributed by atoms with Gasteiger partial charge in [-0.2, -0.15) is 0 Å². The fourth-order valence-electron chi connectivity index (χ4n) is 0.889. The van der Waals surface area contributed by atoms with Crippen LogP contribution in [0.2, 0.25) is 0 Å². The third kappa shape index (κ3) is 3.12. The number of aromatic carboxylic acids is 1. The molecule has 1 aromatic heterocycles. The quantitative estimate of drug-likeness (QED) is 0.681. The molecule has 0 aliphatic heterocycles. The second-order valence-electron chi connectivity index (χ2n) is 2.68. The molecule has 0 saturated carbocycles. The summed E-state index contributed by atoms with van der Waals surface area (Å²) in [6.45, 7) is 0.232. The van der Waals surface area contributed by atoms with Gasteiger partial charge in [0.25, 0.3) is 5.91 Å². The molecule has 1 rings (SSSR count). The molecule has 0 bridgehead atoms. The second-order valence-corrected chi connectivity index (χ2v) is 2.68. The van der Waals surface area contributed by atoms with Gasteiger partial charge in [-0.3, -0.25) is 4.79 Å². The number of carboxylic acid groups (broad SMARTS) is 1. The van der Waals surface area contributed by atoms with Crippen molar-refractivity contribution in [3.63, 3.8) is 0 Å². The minimum Gasteiger partial charge on any atom is -0.477 e. The number of pyridine rings is 1. The Kier molecular flexibility index (Phi) is 3.41. The lowest BCUT2D eigenvalue weighted by atomic mass is 10.2. The maximum atomic E-state index is 10.7. The largest absolute Gasteiger partial charge is 0.477 e. The average Bonchev–Trinajstić information content (AvgIpc) is 2.26. The molecule has 0 aliphatic carbocycles. The monoisotopic (exact) mass is 204 g/mol. The molecule has 0 radical (unpaired) electrons. The van der Waals surface area contributed by atoms with Crippen LogP contribution >= 0.6 is 0 Å². The van der Waals surface area contributed by atoms with E-state index in [1.54, 1.807) is 6.07 Å². The first-order chi connectivity index (χ1) is 7.13. The van der Waals surface area contributed by atoms with Crippen LogP contribution in [-0.4, -0.2) is 22.0 Å². The fraction of sp³-hybridized carbons (Fsp3) is 0.100. The summed E-state index contributed by atoms with van der Waals surface area (Å²) in [7, 11) is 0. The highest BCUT2D eigenvalue weighted by atomic mass is 16.4. The van der Waals surface area contributed by atoms with Crippen LogP contribution < -0.4 is 5.32 Å². The van der Waals surface area contributed by atoms with E-state index >= 15 is 0 Å². The molecule has 0 atom stereocenters. The van der Waals surface area contributed by atoms with E-state index in [2.05, 4.69) is 10.3 Å². The Hall–Kier alpha value is -2.35. The third-order valence-corrected chi connectivity index (χ3v) is 1.63. The van der Waals surface area contributed by atoms with E-state index in [4.69, 9.17) is 11.5 Å². The van der Waals surface area contributed by atoms with Crippen LogP contribution in [0.5, 0.6) is 0 Å². The van der Waals surface area contributed by atoms with E-state index in [1.807, 2.05) is 5.92 Å². The van der Waals surface area contributed by atoms with Crippen molar-refractivity contribution < 1.29 is 14.7 Å². The van der Waals surface area contributed by atoms with Gasteiger partial charge in [0.1, 0.15) is 5.69 Å². The molecule has 76 valence electrons. The third-order valence-electron chi connectivity index (χ3n) is 1.63. The van der Waals surface area contributed by atoms with Crippen LogP contribution in [0.4, 0.5) is 0 Å². The van der Waals surface area contributed by atoms with Crippen molar-refractivity contribution in [3.05, 3.63) is 29.6 Å². The second kappa shape index (κ2) is 4.77. The zero-order chi connectivity index (χ0) is 11.3. The van der Waals surface area contributed by atoms with E-state index in [0.29, 0.717) is 5.56 Å². The topological polar surface area (TPSA) is 79.3 Å². The normalized spacial score (nSPS) is 9.00. The number of hydrogen-bond acceptors (Lipinski definition) is 3. The molecule has 1 aromatic rings. The summed E-state index contributed by atoms with van der Waals surface area (Å²) < 4.78 is 0. The van der Waals surface area contributed by atoms with Crippen molar-refractivity contribution in [2.75, 3.05) is 0 Å². The predicted molar refractivity (Wildman–Crippen MR) is 51.9 cm³/mol. The molecule has 0 saturated heterocycles. The highest BCUT2D eigenvalue weighted by Gasteiger charge is 2.03. The van der Waals surface area contributed by atoms with Crippen LogP contribution in [0, 0.1) is 12.3 Å².